The number of unbranched alkanes of at least 4 members (excludes halogenated alkanes) is 1. The predicted octanol–water partition coefficient (Wildman–Crippen LogP) is 6.34. The molecule has 3 aromatic carbocycles. The van der Waals surface area contributed by atoms with Gasteiger partial charge >= 0.3 is 0 Å². The number of aryl methyl sites for hydroxylation is 1. The summed E-state index contributed by atoms with van der Waals surface area (Å²) < 4.78 is 1.70. The first-order chi connectivity index (χ1) is 17.1. The van der Waals surface area contributed by atoms with Crippen molar-refractivity contribution >= 4 is 16.8 Å². The molecule has 0 saturated heterocycles. The third-order valence-electron chi connectivity index (χ3n) is 6.50. The number of fused-ring (bicyclic) bond motifs is 1. The Bertz CT molecular complexity index is 1340. The molecule has 1 unspecified atom stereocenters. The second-order valence-corrected chi connectivity index (χ2v) is 8.79. The summed E-state index contributed by atoms with van der Waals surface area (Å²) >= 11 is 0. The van der Waals surface area contributed by atoms with Crippen LogP contribution in [0.1, 0.15) is 67.8 Å². The third kappa shape index (κ3) is 5.04. The Morgan fingerprint density at radius 3 is 2.26 bits per heavy atom. The lowest BCUT2D eigenvalue weighted by atomic mass is 10.1. The number of hydrogen-bond acceptors (Lipinski definition) is 3. The fourth-order valence-corrected chi connectivity index (χ4v) is 4.52. The maximum Gasteiger partial charge on any atom is 0.266 e. The molecule has 0 N–H and O–H groups in total. The maximum atomic E-state index is 13.8. The van der Waals surface area contributed by atoms with Gasteiger partial charge in [-0.05, 0) is 61.2 Å². The van der Waals surface area contributed by atoms with E-state index in [1.807, 2.05) is 90.7 Å². The van der Waals surface area contributed by atoms with E-state index < -0.39 is 0 Å². The van der Waals surface area contributed by atoms with Crippen LogP contribution >= 0.6 is 0 Å². The number of carbonyl (C=O) groups is 1. The average molecular weight is 468 g/mol. The lowest BCUT2D eigenvalue weighted by molar-refractivity contribution is 0.0656. The number of rotatable bonds is 9. The minimum absolute atomic E-state index is 0.0406. The number of amides is 1. The fraction of sp³-hybridized carbons (Fsp3) is 0.300. The van der Waals surface area contributed by atoms with Gasteiger partial charge in [-0.15, -0.1) is 0 Å². The van der Waals surface area contributed by atoms with Crippen molar-refractivity contribution in [2.45, 2.75) is 52.5 Å². The number of para-hydroxylation sites is 1. The van der Waals surface area contributed by atoms with Gasteiger partial charge in [0.15, 0.2) is 0 Å². The number of hydrogen-bond donors (Lipinski definition) is 0. The molecule has 0 saturated carbocycles. The zero-order valence-electron chi connectivity index (χ0n) is 20.8. The van der Waals surface area contributed by atoms with Crippen molar-refractivity contribution in [3.8, 4) is 5.69 Å². The first kappa shape index (κ1) is 24.4. The van der Waals surface area contributed by atoms with Gasteiger partial charge in [-0.3, -0.25) is 14.2 Å². The Morgan fingerprint density at radius 2 is 1.60 bits per heavy atom. The molecule has 0 spiro atoms. The van der Waals surface area contributed by atoms with Crippen LogP contribution in [0, 0.1) is 0 Å². The first-order valence-corrected chi connectivity index (χ1v) is 12.6. The zero-order chi connectivity index (χ0) is 24.8. The van der Waals surface area contributed by atoms with Gasteiger partial charge < -0.3 is 4.90 Å². The predicted molar refractivity (Wildman–Crippen MR) is 142 cm³/mol. The van der Waals surface area contributed by atoms with Gasteiger partial charge in [-0.25, -0.2) is 4.98 Å². The molecule has 0 bridgehead atoms. The molecular weight excluding hydrogens is 434 g/mol. The van der Waals surface area contributed by atoms with Crippen LogP contribution in [-0.2, 0) is 6.42 Å². The normalized spacial score (nSPS) is 12.0. The van der Waals surface area contributed by atoms with Crippen molar-refractivity contribution < 1.29 is 4.79 Å². The standard InChI is InChI=1S/C30H33N3O2/c1-4-7-21-32(29(34)23-13-9-8-10-14-23)27(6-3)28-31-26-16-12-11-15-25(26)30(35)33(28)24-19-17-22(5-2)18-20-24/h8-20,27H,4-7,21H2,1-3H3. The molecule has 1 heterocycles. The van der Waals surface area contributed by atoms with Crippen molar-refractivity contribution in [1.29, 1.82) is 0 Å². The smallest absolute Gasteiger partial charge is 0.266 e. The van der Waals surface area contributed by atoms with Gasteiger partial charge in [0, 0.05) is 12.1 Å². The van der Waals surface area contributed by atoms with Crippen molar-refractivity contribution in [3.05, 3.63) is 106 Å². The van der Waals surface area contributed by atoms with Gasteiger partial charge in [-0.2, -0.15) is 0 Å². The van der Waals surface area contributed by atoms with Crippen LogP contribution in [0.4, 0.5) is 0 Å². The van der Waals surface area contributed by atoms with Crippen LogP contribution < -0.4 is 5.56 Å². The van der Waals surface area contributed by atoms with E-state index in [2.05, 4.69) is 13.8 Å². The Balaban J connectivity index is 1.93. The number of carbonyl (C=O) groups excluding carboxylic acids is 1. The molecule has 0 aliphatic carbocycles. The summed E-state index contributed by atoms with van der Waals surface area (Å²) in [6.07, 6.45) is 3.40. The third-order valence-corrected chi connectivity index (χ3v) is 6.50. The molecule has 5 nitrogen and oxygen atoms in total. The van der Waals surface area contributed by atoms with E-state index in [4.69, 9.17) is 4.98 Å². The highest BCUT2D eigenvalue weighted by molar-refractivity contribution is 5.94. The largest absolute Gasteiger partial charge is 0.328 e. The van der Waals surface area contributed by atoms with E-state index in [9.17, 15) is 9.59 Å². The van der Waals surface area contributed by atoms with E-state index in [1.165, 1.54) is 5.56 Å². The van der Waals surface area contributed by atoms with Crippen molar-refractivity contribution in [2.24, 2.45) is 0 Å². The Labute approximate surface area is 207 Å². The number of aromatic nitrogens is 2. The summed E-state index contributed by atoms with van der Waals surface area (Å²) in [5.41, 5.74) is 3.14. The molecule has 35 heavy (non-hydrogen) atoms. The monoisotopic (exact) mass is 467 g/mol. The second kappa shape index (κ2) is 11.1. The lowest BCUT2D eigenvalue weighted by Gasteiger charge is -2.32. The van der Waals surface area contributed by atoms with Crippen LogP contribution in [-0.4, -0.2) is 26.9 Å². The molecule has 0 radical (unpaired) electrons. The minimum Gasteiger partial charge on any atom is -0.328 e. The molecule has 1 aromatic heterocycles. The highest BCUT2D eigenvalue weighted by atomic mass is 16.2. The van der Waals surface area contributed by atoms with Crippen molar-refractivity contribution in [3.63, 3.8) is 0 Å². The van der Waals surface area contributed by atoms with E-state index in [-0.39, 0.29) is 17.5 Å². The molecule has 4 rings (SSSR count). The molecule has 1 atom stereocenters. The topological polar surface area (TPSA) is 55.2 Å². The van der Waals surface area contributed by atoms with Crippen molar-refractivity contribution in [2.75, 3.05) is 6.54 Å². The summed E-state index contributed by atoms with van der Waals surface area (Å²) in [6, 6.07) is 24.5. The molecule has 0 aliphatic rings. The Hall–Kier alpha value is -3.73. The van der Waals surface area contributed by atoms with Crippen LogP contribution in [0.2, 0.25) is 0 Å². The molecule has 180 valence electrons. The van der Waals surface area contributed by atoms with Crippen LogP contribution in [0.5, 0.6) is 0 Å². The molecule has 1 amide bonds. The van der Waals surface area contributed by atoms with E-state index >= 15 is 0 Å². The molecule has 5 heteroatoms. The summed E-state index contributed by atoms with van der Waals surface area (Å²) in [6.45, 7) is 6.87. The molecule has 0 fully saturated rings. The second-order valence-electron chi connectivity index (χ2n) is 8.79. The zero-order valence-corrected chi connectivity index (χ0v) is 20.8. The van der Waals surface area contributed by atoms with Crippen molar-refractivity contribution in [1.82, 2.24) is 14.5 Å². The summed E-state index contributed by atoms with van der Waals surface area (Å²) in [5.74, 6) is 0.557. The number of nitrogens with zero attached hydrogens (tertiary/aromatic N) is 3. The SMILES string of the molecule is CCCCN(C(=O)c1ccccc1)C(CC)c1nc2ccccc2c(=O)n1-c1ccc(CC)cc1. The van der Waals surface area contributed by atoms with Gasteiger partial charge in [-0.1, -0.05) is 69.7 Å². The van der Waals surface area contributed by atoms with Crippen LogP contribution in [0.15, 0.2) is 83.7 Å². The first-order valence-electron chi connectivity index (χ1n) is 12.6. The Morgan fingerprint density at radius 1 is 0.914 bits per heavy atom. The molecule has 0 aliphatic heterocycles. The summed E-state index contributed by atoms with van der Waals surface area (Å²) in [4.78, 5) is 34.4. The van der Waals surface area contributed by atoms with Gasteiger partial charge in [0.05, 0.1) is 22.6 Å². The van der Waals surface area contributed by atoms with E-state index in [1.54, 1.807) is 4.57 Å². The maximum absolute atomic E-state index is 13.8. The molecule has 4 aromatic rings. The fourth-order valence-electron chi connectivity index (χ4n) is 4.52. The van der Waals surface area contributed by atoms with Gasteiger partial charge in [0.2, 0.25) is 0 Å². The highest BCUT2D eigenvalue weighted by Crippen LogP contribution is 2.28. The lowest BCUT2D eigenvalue weighted by Crippen LogP contribution is -2.39. The Kier molecular flexibility index (Phi) is 7.76. The van der Waals surface area contributed by atoms with E-state index in [0.29, 0.717) is 35.3 Å². The van der Waals surface area contributed by atoms with Gasteiger partial charge in [0.25, 0.3) is 11.5 Å². The summed E-state index contributed by atoms with van der Waals surface area (Å²) in [7, 11) is 0. The minimum atomic E-state index is -0.350. The summed E-state index contributed by atoms with van der Waals surface area (Å²) in [5, 5.41) is 0.570. The molecular formula is C30H33N3O2. The van der Waals surface area contributed by atoms with Crippen LogP contribution in [0.3, 0.4) is 0 Å². The average Bonchev–Trinajstić information content (AvgIpc) is 2.91. The van der Waals surface area contributed by atoms with E-state index in [0.717, 1.165) is 24.9 Å². The van der Waals surface area contributed by atoms with Crippen LogP contribution in [0.25, 0.3) is 16.6 Å². The highest BCUT2D eigenvalue weighted by Gasteiger charge is 2.29. The number of benzene rings is 3. The van der Waals surface area contributed by atoms with Gasteiger partial charge in [0.1, 0.15) is 5.82 Å². The quantitative estimate of drug-likeness (QED) is 0.289.